The van der Waals surface area contributed by atoms with Gasteiger partial charge in [0.15, 0.2) is 0 Å². The number of sulfonamides is 1. The van der Waals surface area contributed by atoms with Crippen molar-refractivity contribution in [1.29, 1.82) is 0 Å². The van der Waals surface area contributed by atoms with Crippen molar-refractivity contribution in [3.8, 4) is 0 Å². The summed E-state index contributed by atoms with van der Waals surface area (Å²) in [7, 11) is -0.319. The van der Waals surface area contributed by atoms with E-state index >= 15 is 0 Å². The Labute approximate surface area is 125 Å². The number of nitrogens with zero attached hydrogens (tertiary/aromatic N) is 4. The third kappa shape index (κ3) is 3.50. The van der Waals surface area contributed by atoms with Gasteiger partial charge in [-0.25, -0.2) is 17.7 Å². The summed E-state index contributed by atoms with van der Waals surface area (Å²) < 4.78 is 25.1. The largest absolute Gasteiger partial charge is 0.391 e. The van der Waals surface area contributed by atoms with Crippen molar-refractivity contribution in [2.45, 2.75) is 20.0 Å². The molecule has 0 unspecified atom stereocenters. The zero-order valence-corrected chi connectivity index (χ0v) is 13.6. The Hall–Kier alpha value is -1.25. The van der Waals surface area contributed by atoms with E-state index in [-0.39, 0.29) is 11.7 Å². The maximum atomic E-state index is 12.0. The van der Waals surface area contributed by atoms with Gasteiger partial charge in [0.05, 0.1) is 23.2 Å². The summed E-state index contributed by atoms with van der Waals surface area (Å²) in [6, 6.07) is 0. The van der Waals surface area contributed by atoms with Gasteiger partial charge in [0.25, 0.3) is 0 Å². The van der Waals surface area contributed by atoms with Crippen LogP contribution < -0.4 is 4.90 Å². The lowest BCUT2D eigenvalue weighted by atomic mass is 10.1. The van der Waals surface area contributed by atoms with E-state index in [9.17, 15) is 13.5 Å². The van der Waals surface area contributed by atoms with Crippen LogP contribution in [0.4, 0.5) is 5.82 Å². The molecule has 1 aromatic heterocycles. The van der Waals surface area contributed by atoms with Gasteiger partial charge in [-0.3, -0.25) is 4.98 Å². The monoisotopic (exact) mass is 314 g/mol. The molecule has 0 spiro atoms. The fourth-order valence-electron chi connectivity index (χ4n) is 2.43. The molecule has 1 aliphatic heterocycles. The van der Waals surface area contributed by atoms with Crippen molar-refractivity contribution in [2.75, 3.05) is 37.8 Å². The molecule has 7 nitrogen and oxygen atoms in total. The quantitative estimate of drug-likeness (QED) is 0.827. The van der Waals surface area contributed by atoms with Gasteiger partial charge in [0.2, 0.25) is 10.0 Å². The molecule has 0 bridgehead atoms. The third-order valence-corrected chi connectivity index (χ3v) is 5.70. The van der Waals surface area contributed by atoms with E-state index < -0.39 is 16.1 Å². The van der Waals surface area contributed by atoms with E-state index in [0.717, 1.165) is 17.2 Å². The number of hydrogen-bond donors (Lipinski definition) is 1. The van der Waals surface area contributed by atoms with Gasteiger partial charge in [0, 0.05) is 39.3 Å². The highest BCUT2D eigenvalue weighted by Gasteiger charge is 2.36. The van der Waals surface area contributed by atoms with E-state index in [1.807, 2.05) is 18.7 Å². The van der Waals surface area contributed by atoms with Crippen LogP contribution in [0.5, 0.6) is 0 Å². The van der Waals surface area contributed by atoms with Gasteiger partial charge in [-0.15, -0.1) is 0 Å². The minimum absolute atomic E-state index is 0.0596. The van der Waals surface area contributed by atoms with Crippen LogP contribution in [0.15, 0.2) is 6.20 Å². The third-order valence-electron chi connectivity index (χ3n) is 3.74. The molecule has 0 amide bonds. The van der Waals surface area contributed by atoms with Crippen molar-refractivity contribution in [3.63, 3.8) is 0 Å². The predicted octanol–water partition coefficient (Wildman–Crippen LogP) is -0.218. The topological polar surface area (TPSA) is 86.6 Å². The number of anilines is 1. The molecule has 2 heterocycles. The van der Waals surface area contributed by atoms with E-state index in [4.69, 9.17) is 0 Å². The summed E-state index contributed by atoms with van der Waals surface area (Å²) in [6.45, 7) is 4.56. The number of aliphatic hydroxyl groups excluding tert-OH is 1. The first-order valence-corrected chi connectivity index (χ1v) is 8.45. The molecular weight excluding hydrogens is 292 g/mol. The number of β-amino-alcohol motifs (C(OH)–C–C–N with tert-alkyl or cyclic N) is 1. The summed E-state index contributed by atoms with van der Waals surface area (Å²) in [4.78, 5) is 10.6. The molecule has 118 valence electrons. The first-order chi connectivity index (χ1) is 9.70. The molecule has 8 heteroatoms. The van der Waals surface area contributed by atoms with E-state index in [1.165, 1.54) is 18.4 Å². The van der Waals surface area contributed by atoms with Gasteiger partial charge >= 0.3 is 0 Å². The normalized spacial score (nSPS) is 23.0. The van der Waals surface area contributed by atoms with Crippen molar-refractivity contribution < 1.29 is 13.5 Å². The molecule has 0 aromatic carbocycles. The Morgan fingerprint density at radius 3 is 2.67 bits per heavy atom. The van der Waals surface area contributed by atoms with Crippen LogP contribution in [0.1, 0.15) is 11.4 Å². The minimum Gasteiger partial charge on any atom is -0.391 e. The maximum Gasteiger partial charge on any atom is 0.214 e. The highest BCUT2D eigenvalue weighted by atomic mass is 32.2. The van der Waals surface area contributed by atoms with Crippen LogP contribution in [0, 0.1) is 19.8 Å². The fraction of sp³-hybridized carbons (Fsp3) is 0.692. The standard InChI is InChI=1S/C13H22N4O3S/c1-9-5-14-10(2)13(15-9)17-6-11(12(18)7-17)8-21(19,20)16(3)4/h5,11-12,18H,6-8H2,1-4H3/t11-,12-/m0/s1. The molecule has 1 fully saturated rings. The fourth-order valence-corrected chi connectivity index (χ4v) is 3.60. The van der Waals surface area contributed by atoms with Crippen LogP contribution in [-0.2, 0) is 10.0 Å². The highest BCUT2D eigenvalue weighted by Crippen LogP contribution is 2.26. The first kappa shape index (κ1) is 16.1. The van der Waals surface area contributed by atoms with E-state index in [2.05, 4.69) is 9.97 Å². The SMILES string of the molecule is Cc1cnc(C)c(N2C[C@@H](CS(=O)(=O)N(C)C)[C@@H](O)C2)n1. The molecule has 0 aliphatic carbocycles. The minimum atomic E-state index is -3.33. The summed E-state index contributed by atoms with van der Waals surface area (Å²) in [6.07, 6.45) is 1.01. The van der Waals surface area contributed by atoms with Crippen molar-refractivity contribution in [2.24, 2.45) is 5.92 Å². The molecule has 2 atom stereocenters. The zero-order valence-electron chi connectivity index (χ0n) is 12.8. The van der Waals surface area contributed by atoms with E-state index in [0.29, 0.717) is 13.1 Å². The number of hydrogen-bond acceptors (Lipinski definition) is 6. The number of aliphatic hydroxyl groups is 1. The molecular formula is C13H22N4O3S. The van der Waals surface area contributed by atoms with Gasteiger partial charge in [-0.1, -0.05) is 0 Å². The smallest absolute Gasteiger partial charge is 0.214 e. The molecule has 1 saturated heterocycles. The van der Waals surface area contributed by atoms with E-state index in [1.54, 1.807) is 6.20 Å². The van der Waals surface area contributed by atoms with Gasteiger partial charge in [-0.2, -0.15) is 0 Å². The lowest BCUT2D eigenvalue weighted by Crippen LogP contribution is -2.33. The van der Waals surface area contributed by atoms with Gasteiger partial charge in [-0.05, 0) is 13.8 Å². The predicted molar refractivity (Wildman–Crippen MR) is 80.7 cm³/mol. The number of rotatable bonds is 4. The lowest BCUT2D eigenvalue weighted by Gasteiger charge is -2.19. The van der Waals surface area contributed by atoms with Crippen molar-refractivity contribution in [1.82, 2.24) is 14.3 Å². The molecule has 0 saturated carbocycles. The Bertz CT molecular complexity index is 618. The van der Waals surface area contributed by atoms with Crippen LogP contribution in [-0.4, -0.2) is 66.8 Å². The second kappa shape index (κ2) is 5.86. The van der Waals surface area contributed by atoms with Crippen molar-refractivity contribution in [3.05, 3.63) is 17.6 Å². The molecule has 1 N–H and O–H groups in total. The molecule has 0 radical (unpaired) electrons. The zero-order chi connectivity index (χ0) is 15.8. The Morgan fingerprint density at radius 2 is 2.05 bits per heavy atom. The molecule has 2 rings (SSSR count). The van der Waals surface area contributed by atoms with Gasteiger partial charge in [0.1, 0.15) is 5.82 Å². The van der Waals surface area contributed by atoms with Crippen molar-refractivity contribution >= 4 is 15.8 Å². The van der Waals surface area contributed by atoms with Crippen LogP contribution in [0.2, 0.25) is 0 Å². The first-order valence-electron chi connectivity index (χ1n) is 6.84. The summed E-state index contributed by atoms with van der Waals surface area (Å²) in [5.74, 6) is 0.341. The highest BCUT2D eigenvalue weighted by molar-refractivity contribution is 7.89. The summed E-state index contributed by atoms with van der Waals surface area (Å²) >= 11 is 0. The maximum absolute atomic E-state index is 12.0. The number of aromatic nitrogens is 2. The summed E-state index contributed by atoms with van der Waals surface area (Å²) in [5.41, 5.74) is 1.58. The van der Waals surface area contributed by atoms with Crippen LogP contribution in [0.3, 0.4) is 0 Å². The molecule has 1 aliphatic rings. The second-order valence-electron chi connectivity index (χ2n) is 5.71. The number of aryl methyl sites for hydroxylation is 2. The average molecular weight is 314 g/mol. The summed E-state index contributed by atoms with van der Waals surface area (Å²) in [5, 5.41) is 10.2. The average Bonchev–Trinajstić information content (AvgIpc) is 2.73. The molecule has 1 aromatic rings. The Morgan fingerprint density at radius 1 is 1.38 bits per heavy atom. The Kier molecular flexibility index (Phi) is 4.50. The second-order valence-corrected chi connectivity index (χ2v) is 7.94. The molecule has 21 heavy (non-hydrogen) atoms. The van der Waals surface area contributed by atoms with Crippen LogP contribution >= 0.6 is 0 Å². The van der Waals surface area contributed by atoms with Gasteiger partial charge < -0.3 is 10.0 Å². The van der Waals surface area contributed by atoms with Crippen LogP contribution in [0.25, 0.3) is 0 Å². The Balaban J connectivity index is 2.16. The lowest BCUT2D eigenvalue weighted by molar-refractivity contribution is 0.157.